The lowest BCUT2D eigenvalue weighted by atomic mass is 9.91. The fraction of sp³-hybridized carbons (Fsp3) is 0.636. The summed E-state index contributed by atoms with van der Waals surface area (Å²) in [7, 11) is 0. The first-order chi connectivity index (χ1) is 7.40. The van der Waals surface area contributed by atoms with Crippen LogP contribution in [0.2, 0.25) is 0 Å². The Balaban J connectivity index is 1.91. The highest BCUT2D eigenvalue weighted by Gasteiger charge is 2.24. The zero-order chi connectivity index (χ0) is 10.5. The molecule has 4 nitrogen and oxygen atoms in total. The van der Waals surface area contributed by atoms with E-state index in [0.717, 1.165) is 31.8 Å². The number of hydrogen-bond donors (Lipinski definition) is 2. The van der Waals surface area contributed by atoms with E-state index in [1.165, 1.54) is 6.42 Å². The van der Waals surface area contributed by atoms with Gasteiger partial charge >= 0.3 is 0 Å². The zero-order valence-corrected chi connectivity index (χ0v) is 8.82. The standard InChI is InChI=1S/C11H18N2O2/c12-13-11(7-10-4-2-6-15-10)9-3-1-5-14-8-9/h2,4,6,9,11,13H,1,3,5,7-8,12H2. The minimum atomic E-state index is 0.247. The van der Waals surface area contributed by atoms with Gasteiger partial charge in [-0.3, -0.25) is 11.3 Å². The first kappa shape index (κ1) is 10.7. The Bertz CT molecular complexity index is 268. The van der Waals surface area contributed by atoms with Crippen molar-refractivity contribution in [3.8, 4) is 0 Å². The van der Waals surface area contributed by atoms with Crippen LogP contribution in [-0.2, 0) is 11.2 Å². The van der Waals surface area contributed by atoms with Crippen LogP contribution in [0.15, 0.2) is 22.8 Å². The number of nitrogens with two attached hydrogens (primary N) is 1. The van der Waals surface area contributed by atoms with Gasteiger partial charge in [0.05, 0.1) is 12.9 Å². The topological polar surface area (TPSA) is 60.4 Å². The molecule has 4 heteroatoms. The van der Waals surface area contributed by atoms with Gasteiger partial charge in [0, 0.05) is 19.1 Å². The molecule has 2 unspecified atom stereocenters. The Morgan fingerprint density at radius 3 is 3.13 bits per heavy atom. The molecule has 3 N–H and O–H groups in total. The van der Waals surface area contributed by atoms with Crippen molar-refractivity contribution in [1.29, 1.82) is 0 Å². The normalized spacial score (nSPS) is 23.9. The van der Waals surface area contributed by atoms with Gasteiger partial charge in [0.2, 0.25) is 0 Å². The minimum Gasteiger partial charge on any atom is -0.469 e. The molecule has 2 heterocycles. The first-order valence-corrected chi connectivity index (χ1v) is 5.46. The summed E-state index contributed by atoms with van der Waals surface area (Å²) in [6.45, 7) is 1.68. The summed E-state index contributed by atoms with van der Waals surface area (Å²) in [5, 5.41) is 0. The second kappa shape index (κ2) is 5.30. The molecule has 0 amide bonds. The number of hydrazine groups is 1. The van der Waals surface area contributed by atoms with E-state index >= 15 is 0 Å². The molecule has 1 aromatic heterocycles. The van der Waals surface area contributed by atoms with Crippen molar-refractivity contribution in [2.75, 3.05) is 13.2 Å². The molecule has 0 bridgehead atoms. The molecule has 1 aliphatic heterocycles. The van der Waals surface area contributed by atoms with Crippen LogP contribution in [0.25, 0.3) is 0 Å². The summed E-state index contributed by atoms with van der Waals surface area (Å²) in [6.07, 6.45) is 4.83. The fourth-order valence-electron chi connectivity index (χ4n) is 2.09. The summed E-state index contributed by atoms with van der Waals surface area (Å²) in [4.78, 5) is 0. The van der Waals surface area contributed by atoms with Crippen molar-refractivity contribution >= 4 is 0 Å². The van der Waals surface area contributed by atoms with E-state index in [4.69, 9.17) is 15.0 Å². The van der Waals surface area contributed by atoms with Gasteiger partial charge in [-0.05, 0) is 30.9 Å². The molecule has 2 rings (SSSR count). The van der Waals surface area contributed by atoms with Crippen LogP contribution in [0.5, 0.6) is 0 Å². The van der Waals surface area contributed by atoms with Crippen LogP contribution in [-0.4, -0.2) is 19.3 Å². The molecule has 1 aliphatic rings. The monoisotopic (exact) mass is 210 g/mol. The molecule has 15 heavy (non-hydrogen) atoms. The number of furan rings is 1. The van der Waals surface area contributed by atoms with Crippen LogP contribution in [0.1, 0.15) is 18.6 Å². The Labute approximate surface area is 89.7 Å². The molecule has 1 fully saturated rings. The van der Waals surface area contributed by atoms with Gasteiger partial charge in [-0.1, -0.05) is 0 Å². The number of ether oxygens (including phenoxy) is 1. The molecule has 1 aromatic rings. The lowest BCUT2D eigenvalue weighted by Gasteiger charge is -2.29. The maximum absolute atomic E-state index is 5.57. The van der Waals surface area contributed by atoms with Crippen molar-refractivity contribution in [3.05, 3.63) is 24.2 Å². The highest BCUT2D eigenvalue weighted by Crippen LogP contribution is 2.20. The molecule has 0 aromatic carbocycles. The van der Waals surface area contributed by atoms with Crippen molar-refractivity contribution in [3.63, 3.8) is 0 Å². The predicted octanol–water partition coefficient (Wildman–Crippen LogP) is 1.08. The zero-order valence-electron chi connectivity index (χ0n) is 8.82. The lowest BCUT2D eigenvalue weighted by Crippen LogP contribution is -2.45. The first-order valence-electron chi connectivity index (χ1n) is 5.46. The molecule has 1 saturated heterocycles. The van der Waals surface area contributed by atoms with E-state index < -0.39 is 0 Å². The Kier molecular flexibility index (Phi) is 3.77. The summed E-state index contributed by atoms with van der Waals surface area (Å²) in [5.41, 5.74) is 2.87. The third-order valence-corrected chi connectivity index (χ3v) is 2.98. The molecule has 0 saturated carbocycles. The quantitative estimate of drug-likeness (QED) is 0.576. The van der Waals surface area contributed by atoms with Gasteiger partial charge in [0.25, 0.3) is 0 Å². The van der Waals surface area contributed by atoms with Crippen LogP contribution in [0.3, 0.4) is 0 Å². The van der Waals surface area contributed by atoms with Gasteiger partial charge in [-0.15, -0.1) is 0 Å². The molecule has 0 aliphatic carbocycles. The molecule has 0 spiro atoms. The average Bonchev–Trinajstić information content (AvgIpc) is 2.80. The van der Waals surface area contributed by atoms with Gasteiger partial charge in [-0.25, -0.2) is 0 Å². The third-order valence-electron chi connectivity index (χ3n) is 2.98. The predicted molar refractivity (Wildman–Crippen MR) is 57.1 cm³/mol. The Hall–Kier alpha value is -0.840. The third kappa shape index (κ3) is 2.81. The van der Waals surface area contributed by atoms with Crippen LogP contribution >= 0.6 is 0 Å². The summed E-state index contributed by atoms with van der Waals surface area (Å²) in [5.74, 6) is 7.04. The van der Waals surface area contributed by atoms with Gasteiger partial charge in [0.15, 0.2) is 0 Å². The minimum absolute atomic E-state index is 0.247. The average molecular weight is 210 g/mol. The fourth-order valence-corrected chi connectivity index (χ4v) is 2.09. The molecule has 0 radical (unpaired) electrons. The summed E-state index contributed by atoms with van der Waals surface area (Å²) < 4.78 is 10.8. The lowest BCUT2D eigenvalue weighted by molar-refractivity contribution is 0.0386. The van der Waals surface area contributed by atoms with E-state index in [1.54, 1.807) is 6.26 Å². The second-order valence-electron chi connectivity index (χ2n) is 4.03. The van der Waals surface area contributed by atoms with Crippen LogP contribution < -0.4 is 11.3 Å². The number of rotatable bonds is 4. The maximum Gasteiger partial charge on any atom is 0.105 e. The highest BCUT2D eigenvalue weighted by atomic mass is 16.5. The second-order valence-corrected chi connectivity index (χ2v) is 4.03. The molecular weight excluding hydrogens is 192 g/mol. The Morgan fingerprint density at radius 2 is 2.53 bits per heavy atom. The van der Waals surface area contributed by atoms with E-state index in [9.17, 15) is 0 Å². The largest absolute Gasteiger partial charge is 0.469 e. The van der Waals surface area contributed by atoms with E-state index in [0.29, 0.717) is 5.92 Å². The summed E-state index contributed by atoms with van der Waals surface area (Å²) >= 11 is 0. The van der Waals surface area contributed by atoms with E-state index in [-0.39, 0.29) is 6.04 Å². The Morgan fingerprint density at radius 1 is 1.60 bits per heavy atom. The van der Waals surface area contributed by atoms with Crippen LogP contribution in [0, 0.1) is 5.92 Å². The smallest absolute Gasteiger partial charge is 0.105 e. The van der Waals surface area contributed by atoms with E-state index in [2.05, 4.69) is 5.43 Å². The van der Waals surface area contributed by atoms with Gasteiger partial charge in [-0.2, -0.15) is 0 Å². The van der Waals surface area contributed by atoms with Crippen molar-refractivity contribution in [2.24, 2.45) is 11.8 Å². The molecular formula is C11H18N2O2. The maximum atomic E-state index is 5.57. The van der Waals surface area contributed by atoms with Crippen molar-refractivity contribution in [1.82, 2.24) is 5.43 Å². The van der Waals surface area contributed by atoms with Gasteiger partial charge < -0.3 is 9.15 Å². The molecule has 2 atom stereocenters. The van der Waals surface area contributed by atoms with Crippen molar-refractivity contribution in [2.45, 2.75) is 25.3 Å². The van der Waals surface area contributed by atoms with Crippen LogP contribution in [0.4, 0.5) is 0 Å². The van der Waals surface area contributed by atoms with Crippen molar-refractivity contribution < 1.29 is 9.15 Å². The molecule has 84 valence electrons. The van der Waals surface area contributed by atoms with E-state index in [1.807, 2.05) is 12.1 Å². The number of nitrogens with one attached hydrogen (secondary N) is 1. The number of hydrogen-bond acceptors (Lipinski definition) is 4. The SMILES string of the molecule is NNC(Cc1ccco1)C1CCCOC1. The highest BCUT2D eigenvalue weighted by molar-refractivity contribution is 5.01. The van der Waals surface area contributed by atoms with Gasteiger partial charge in [0.1, 0.15) is 5.76 Å². The summed E-state index contributed by atoms with van der Waals surface area (Å²) in [6, 6.07) is 4.13.